The lowest BCUT2D eigenvalue weighted by Crippen LogP contribution is -2.38. The van der Waals surface area contributed by atoms with E-state index in [1.54, 1.807) is 4.90 Å². The summed E-state index contributed by atoms with van der Waals surface area (Å²) >= 11 is 0. The fourth-order valence-corrected chi connectivity index (χ4v) is 1.93. The highest BCUT2D eigenvalue weighted by Gasteiger charge is 2.20. The number of hydrogen-bond donors (Lipinski definition) is 2. The molecule has 0 saturated heterocycles. The van der Waals surface area contributed by atoms with Crippen LogP contribution >= 0.6 is 0 Å². The van der Waals surface area contributed by atoms with E-state index in [9.17, 15) is 4.79 Å². The number of carbonyl (C=O) groups excluding carboxylic acids is 1. The molecule has 1 amide bonds. The summed E-state index contributed by atoms with van der Waals surface area (Å²) in [6.45, 7) is 9.75. The van der Waals surface area contributed by atoms with Crippen LogP contribution in [0.2, 0.25) is 0 Å². The Morgan fingerprint density at radius 2 is 2.00 bits per heavy atom. The van der Waals surface area contributed by atoms with Crippen LogP contribution in [0.5, 0.6) is 0 Å². The monoisotopic (exact) mass is 244 g/mol. The van der Waals surface area contributed by atoms with Crippen LogP contribution < -0.4 is 5.73 Å². The number of nitrogens with two attached hydrogens (primary N) is 1. The van der Waals surface area contributed by atoms with E-state index in [1.807, 2.05) is 6.92 Å². The molecule has 4 nitrogen and oxygen atoms in total. The zero-order chi connectivity index (χ0) is 13.5. The fraction of sp³-hybridized carbons (Fsp3) is 0.923. The van der Waals surface area contributed by atoms with Gasteiger partial charge in [0.15, 0.2) is 0 Å². The molecule has 0 radical (unpaired) electrons. The highest BCUT2D eigenvalue weighted by atomic mass is 16.3. The Morgan fingerprint density at radius 1 is 1.41 bits per heavy atom. The molecule has 3 N–H and O–H groups in total. The molecule has 0 bridgehead atoms. The van der Waals surface area contributed by atoms with Crippen LogP contribution in [-0.4, -0.2) is 41.7 Å². The first kappa shape index (κ1) is 16.4. The van der Waals surface area contributed by atoms with E-state index in [0.717, 1.165) is 6.42 Å². The van der Waals surface area contributed by atoms with Crippen molar-refractivity contribution in [1.82, 2.24) is 4.90 Å². The number of aliphatic hydroxyl groups is 1. The molecule has 17 heavy (non-hydrogen) atoms. The first-order valence-corrected chi connectivity index (χ1v) is 6.44. The largest absolute Gasteiger partial charge is 0.396 e. The van der Waals surface area contributed by atoms with Crippen LogP contribution in [0.1, 0.15) is 47.0 Å². The lowest BCUT2D eigenvalue weighted by atomic mass is 9.87. The molecular weight excluding hydrogens is 216 g/mol. The van der Waals surface area contributed by atoms with E-state index in [4.69, 9.17) is 10.8 Å². The van der Waals surface area contributed by atoms with Gasteiger partial charge in [0.05, 0.1) is 0 Å². The van der Waals surface area contributed by atoms with Crippen LogP contribution in [0.4, 0.5) is 0 Å². The lowest BCUT2D eigenvalue weighted by Gasteiger charge is -2.26. The molecular formula is C13H28N2O2. The van der Waals surface area contributed by atoms with Crippen molar-refractivity contribution in [2.45, 2.75) is 53.0 Å². The minimum Gasteiger partial charge on any atom is -0.396 e. The summed E-state index contributed by atoms with van der Waals surface area (Å²) in [6, 6.07) is -0.0781. The molecule has 0 aromatic carbocycles. The summed E-state index contributed by atoms with van der Waals surface area (Å²) in [7, 11) is 0. The topological polar surface area (TPSA) is 66.6 Å². The molecule has 0 aliphatic heterocycles. The number of rotatable bonds is 7. The molecule has 0 aromatic rings. The van der Waals surface area contributed by atoms with E-state index in [0.29, 0.717) is 25.9 Å². The van der Waals surface area contributed by atoms with Crippen LogP contribution in [-0.2, 0) is 4.79 Å². The molecule has 0 spiro atoms. The maximum absolute atomic E-state index is 11.9. The Morgan fingerprint density at radius 3 is 2.41 bits per heavy atom. The van der Waals surface area contributed by atoms with Gasteiger partial charge in [-0.2, -0.15) is 0 Å². The minimum atomic E-state index is -0.0781. The third-order valence-corrected chi connectivity index (χ3v) is 2.63. The van der Waals surface area contributed by atoms with Crippen molar-refractivity contribution in [3.63, 3.8) is 0 Å². The van der Waals surface area contributed by atoms with Gasteiger partial charge in [0, 0.05) is 32.2 Å². The minimum absolute atomic E-state index is 0.0781. The summed E-state index contributed by atoms with van der Waals surface area (Å²) in [4.78, 5) is 13.7. The zero-order valence-electron chi connectivity index (χ0n) is 11.7. The average molecular weight is 244 g/mol. The molecule has 0 aliphatic carbocycles. The van der Waals surface area contributed by atoms with E-state index in [1.165, 1.54) is 0 Å². The van der Waals surface area contributed by atoms with Crippen molar-refractivity contribution in [2.75, 3.05) is 19.7 Å². The van der Waals surface area contributed by atoms with E-state index in [-0.39, 0.29) is 24.0 Å². The maximum Gasteiger partial charge on any atom is 0.224 e. The second-order valence-corrected chi connectivity index (χ2v) is 5.78. The normalized spacial score (nSPS) is 13.5. The standard InChI is InChI=1S/C13H28N2O2/c1-5-15(7-6-8-16)12(17)9-11(14)10-13(2,3)4/h11,16H,5-10,14H2,1-4H3. The number of carbonyl (C=O) groups is 1. The summed E-state index contributed by atoms with van der Waals surface area (Å²) in [6.07, 6.45) is 1.88. The van der Waals surface area contributed by atoms with Crippen LogP contribution in [0.15, 0.2) is 0 Å². The third kappa shape index (κ3) is 8.16. The van der Waals surface area contributed by atoms with Crippen molar-refractivity contribution in [3.05, 3.63) is 0 Å². The Hall–Kier alpha value is -0.610. The molecule has 0 aliphatic rings. The molecule has 0 rings (SSSR count). The lowest BCUT2D eigenvalue weighted by molar-refractivity contribution is -0.131. The summed E-state index contributed by atoms with van der Waals surface area (Å²) < 4.78 is 0. The van der Waals surface area contributed by atoms with Gasteiger partial charge in [0.25, 0.3) is 0 Å². The van der Waals surface area contributed by atoms with Crippen molar-refractivity contribution < 1.29 is 9.90 Å². The van der Waals surface area contributed by atoms with Gasteiger partial charge in [-0.05, 0) is 25.2 Å². The average Bonchev–Trinajstić information content (AvgIpc) is 2.15. The molecule has 1 atom stereocenters. The molecule has 0 saturated carbocycles. The second-order valence-electron chi connectivity index (χ2n) is 5.78. The summed E-state index contributed by atoms with van der Waals surface area (Å²) in [5.41, 5.74) is 6.14. The first-order valence-electron chi connectivity index (χ1n) is 6.44. The van der Waals surface area contributed by atoms with E-state index in [2.05, 4.69) is 20.8 Å². The fourth-order valence-electron chi connectivity index (χ4n) is 1.93. The highest BCUT2D eigenvalue weighted by molar-refractivity contribution is 5.76. The van der Waals surface area contributed by atoms with Gasteiger partial charge >= 0.3 is 0 Å². The van der Waals surface area contributed by atoms with Gasteiger partial charge in [-0.1, -0.05) is 20.8 Å². The molecule has 0 fully saturated rings. The van der Waals surface area contributed by atoms with Gasteiger partial charge in [-0.25, -0.2) is 0 Å². The number of amides is 1. The van der Waals surface area contributed by atoms with Crippen molar-refractivity contribution >= 4 is 5.91 Å². The Balaban J connectivity index is 4.12. The van der Waals surface area contributed by atoms with Gasteiger partial charge in [-0.3, -0.25) is 4.79 Å². The Bertz CT molecular complexity index is 224. The van der Waals surface area contributed by atoms with Crippen LogP contribution in [0, 0.1) is 5.41 Å². The smallest absolute Gasteiger partial charge is 0.224 e. The van der Waals surface area contributed by atoms with Gasteiger partial charge in [0.2, 0.25) is 5.91 Å². The number of hydrogen-bond acceptors (Lipinski definition) is 3. The zero-order valence-corrected chi connectivity index (χ0v) is 11.7. The Labute approximate surface area is 105 Å². The first-order chi connectivity index (χ1) is 7.80. The Kier molecular flexibility index (Phi) is 7.39. The summed E-state index contributed by atoms with van der Waals surface area (Å²) in [5, 5.41) is 8.76. The number of aliphatic hydroxyl groups excluding tert-OH is 1. The predicted octanol–water partition coefficient (Wildman–Crippen LogP) is 1.37. The highest BCUT2D eigenvalue weighted by Crippen LogP contribution is 2.21. The quantitative estimate of drug-likeness (QED) is 0.711. The summed E-state index contributed by atoms with van der Waals surface area (Å²) in [5.74, 6) is 0.0951. The SMILES string of the molecule is CCN(CCCO)C(=O)CC(N)CC(C)(C)C. The van der Waals surface area contributed by atoms with Crippen molar-refractivity contribution in [3.8, 4) is 0 Å². The molecule has 102 valence electrons. The van der Waals surface area contributed by atoms with Crippen LogP contribution in [0.3, 0.4) is 0 Å². The molecule has 1 unspecified atom stereocenters. The molecule has 0 heterocycles. The van der Waals surface area contributed by atoms with Gasteiger partial charge < -0.3 is 15.7 Å². The molecule has 0 aromatic heterocycles. The van der Waals surface area contributed by atoms with Gasteiger partial charge in [-0.15, -0.1) is 0 Å². The maximum atomic E-state index is 11.9. The van der Waals surface area contributed by atoms with Crippen molar-refractivity contribution in [2.24, 2.45) is 11.1 Å². The second kappa shape index (κ2) is 7.67. The predicted molar refractivity (Wildman–Crippen MR) is 70.6 cm³/mol. The third-order valence-electron chi connectivity index (χ3n) is 2.63. The van der Waals surface area contributed by atoms with E-state index < -0.39 is 0 Å². The molecule has 4 heteroatoms. The van der Waals surface area contributed by atoms with E-state index >= 15 is 0 Å². The van der Waals surface area contributed by atoms with Gasteiger partial charge in [0.1, 0.15) is 0 Å². The van der Waals surface area contributed by atoms with Crippen molar-refractivity contribution in [1.29, 1.82) is 0 Å². The van der Waals surface area contributed by atoms with Crippen LogP contribution in [0.25, 0.3) is 0 Å². The number of nitrogens with zero attached hydrogens (tertiary/aromatic N) is 1.